The molecule has 0 N–H and O–H groups in total. The van der Waals surface area contributed by atoms with E-state index in [2.05, 4.69) is 21.9 Å². The van der Waals surface area contributed by atoms with Crippen LogP contribution < -0.4 is 4.90 Å². The Morgan fingerprint density at radius 1 is 1.38 bits per heavy atom. The maximum Gasteiger partial charge on any atom is 0.224 e. The Hall–Kier alpha value is -1.12. The van der Waals surface area contributed by atoms with E-state index in [1.54, 1.807) is 0 Å². The van der Waals surface area contributed by atoms with E-state index in [1.807, 2.05) is 19.3 Å². The normalized spacial score (nSPS) is 15.8. The molecule has 0 spiro atoms. The molecule has 0 saturated heterocycles. The minimum Gasteiger partial charge on any atom is -0.344 e. The van der Waals surface area contributed by atoms with Gasteiger partial charge in [0.25, 0.3) is 0 Å². The summed E-state index contributed by atoms with van der Waals surface area (Å²) in [6, 6.07) is 0. The number of aryl methyl sites for hydroxylation is 1. The van der Waals surface area contributed by atoms with Crippen LogP contribution in [0.3, 0.4) is 0 Å². The lowest BCUT2D eigenvalue weighted by atomic mass is 10.4. The van der Waals surface area contributed by atoms with Gasteiger partial charge in [-0.15, -0.1) is 0 Å². The van der Waals surface area contributed by atoms with Crippen LogP contribution in [0.25, 0.3) is 0 Å². The van der Waals surface area contributed by atoms with Crippen molar-refractivity contribution in [1.29, 1.82) is 0 Å². The van der Waals surface area contributed by atoms with Crippen LogP contribution in [0.15, 0.2) is 12.4 Å². The molecule has 0 amide bonds. The summed E-state index contributed by atoms with van der Waals surface area (Å²) in [7, 11) is 2.06. The molecule has 1 aromatic rings. The monoisotopic (exact) mass is 177 g/mol. The molecule has 1 aromatic heterocycles. The van der Waals surface area contributed by atoms with Crippen LogP contribution in [0, 0.1) is 12.8 Å². The minimum absolute atomic E-state index is 0.845. The molecule has 0 radical (unpaired) electrons. The van der Waals surface area contributed by atoms with Gasteiger partial charge in [-0.1, -0.05) is 0 Å². The zero-order valence-corrected chi connectivity index (χ0v) is 8.20. The molecule has 1 fully saturated rings. The Morgan fingerprint density at radius 2 is 2.00 bits per heavy atom. The Balaban J connectivity index is 2.01. The average molecular weight is 177 g/mol. The van der Waals surface area contributed by atoms with Crippen molar-refractivity contribution >= 4 is 5.95 Å². The summed E-state index contributed by atoms with van der Waals surface area (Å²) in [6.07, 6.45) is 6.48. The first-order chi connectivity index (χ1) is 6.25. The summed E-state index contributed by atoms with van der Waals surface area (Å²) in [5, 5.41) is 0. The fourth-order valence-electron chi connectivity index (χ4n) is 1.35. The second-order valence-electron chi connectivity index (χ2n) is 3.88. The zero-order valence-electron chi connectivity index (χ0n) is 8.20. The smallest absolute Gasteiger partial charge is 0.224 e. The second-order valence-corrected chi connectivity index (χ2v) is 3.88. The largest absolute Gasteiger partial charge is 0.344 e. The number of hydrogen-bond donors (Lipinski definition) is 0. The lowest BCUT2D eigenvalue weighted by Gasteiger charge is -2.15. The third-order valence-corrected chi connectivity index (χ3v) is 2.34. The molecule has 1 heterocycles. The lowest BCUT2D eigenvalue weighted by Crippen LogP contribution is -2.22. The van der Waals surface area contributed by atoms with E-state index in [0.717, 1.165) is 24.0 Å². The maximum atomic E-state index is 4.27. The molecule has 0 bridgehead atoms. The SMILES string of the molecule is Cc1cnc(N(C)CC2CC2)nc1. The molecule has 70 valence electrons. The van der Waals surface area contributed by atoms with Crippen LogP contribution in [-0.2, 0) is 0 Å². The van der Waals surface area contributed by atoms with Crippen LogP contribution in [-0.4, -0.2) is 23.6 Å². The van der Waals surface area contributed by atoms with Crippen molar-refractivity contribution in [3.8, 4) is 0 Å². The van der Waals surface area contributed by atoms with Crippen molar-refractivity contribution < 1.29 is 0 Å². The standard InChI is InChI=1S/C10H15N3/c1-8-5-11-10(12-6-8)13(2)7-9-3-4-9/h5-6,9H,3-4,7H2,1-2H3. The molecule has 2 rings (SSSR count). The molecule has 1 saturated carbocycles. The number of rotatable bonds is 3. The van der Waals surface area contributed by atoms with E-state index in [0.29, 0.717) is 0 Å². The third-order valence-electron chi connectivity index (χ3n) is 2.34. The maximum absolute atomic E-state index is 4.27. The van der Waals surface area contributed by atoms with Crippen LogP contribution in [0.2, 0.25) is 0 Å². The zero-order chi connectivity index (χ0) is 9.26. The quantitative estimate of drug-likeness (QED) is 0.702. The van der Waals surface area contributed by atoms with Crippen molar-refractivity contribution in [2.45, 2.75) is 19.8 Å². The van der Waals surface area contributed by atoms with Crippen molar-refractivity contribution in [3.63, 3.8) is 0 Å². The van der Waals surface area contributed by atoms with E-state index in [9.17, 15) is 0 Å². The predicted molar refractivity (Wildman–Crippen MR) is 52.8 cm³/mol. The number of hydrogen-bond acceptors (Lipinski definition) is 3. The first-order valence-electron chi connectivity index (χ1n) is 4.75. The van der Waals surface area contributed by atoms with E-state index in [4.69, 9.17) is 0 Å². The number of aromatic nitrogens is 2. The van der Waals surface area contributed by atoms with E-state index in [1.165, 1.54) is 12.8 Å². The molecular formula is C10H15N3. The molecule has 3 nitrogen and oxygen atoms in total. The van der Waals surface area contributed by atoms with Gasteiger partial charge in [-0.2, -0.15) is 0 Å². The van der Waals surface area contributed by atoms with Gasteiger partial charge >= 0.3 is 0 Å². The molecule has 0 atom stereocenters. The molecule has 1 aliphatic rings. The van der Waals surface area contributed by atoms with E-state index in [-0.39, 0.29) is 0 Å². The lowest BCUT2D eigenvalue weighted by molar-refractivity contribution is 0.763. The predicted octanol–water partition coefficient (Wildman–Crippen LogP) is 1.63. The van der Waals surface area contributed by atoms with Gasteiger partial charge in [0.1, 0.15) is 0 Å². The number of anilines is 1. The molecule has 0 unspecified atom stereocenters. The van der Waals surface area contributed by atoms with Gasteiger partial charge in [0, 0.05) is 26.0 Å². The summed E-state index contributed by atoms with van der Waals surface area (Å²) < 4.78 is 0. The molecule has 0 aliphatic heterocycles. The summed E-state index contributed by atoms with van der Waals surface area (Å²) in [5.74, 6) is 1.73. The fraction of sp³-hybridized carbons (Fsp3) is 0.600. The van der Waals surface area contributed by atoms with Gasteiger partial charge in [-0.25, -0.2) is 9.97 Å². The van der Waals surface area contributed by atoms with Gasteiger partial charge in [0.15, 0.2) is 0 Å². The van der Waals surface area contributed by atoms with Crippen molar-refractivity contribution in [3.05, 3.63) is 18.0 Å². The molecule has 13 heavy (non-hydrogen) atoms. The summed E-state index contributed by atoms with van der Waals surface area (Å²) in [5.41, 5.74) is 1.11. The Morgan fingerprint density at radius 3 is 2.54 bits per heavy atom. The Bertz CT molecular complexity index is 277. The van der Waals surface area contributed by atoms with Gasteiger partial charge in [0.05, 0.1) is 0 Å². The van der Waals surface area contributed by atoms with Gasteiger partial charge in [-0.05, 0) is 31.2 Å². The van der Waals surface area contributed by atoms with Crippen LogP contribution in [0.4, 0.5) is 5.95 Å². The van der Waals surface area contributed by atoms with Gasteiger partial charge in [-0.3, -0.25) is 0 Å². The topological polar surface area (TPSA) is 29.0 Å². The Labute approximate surface area is 78.8 Å². The van der Waals surface area contributed by atoms with Crippen LogP contribution in [0.1, 0.15) is 18.4 Å². The number of nitrogens with zero attached hydrogens (tertiary/aromatic N) is 3. The highest BCUT2D eigenvalue weighted by atomic mass is 15.2. The molecule has 0 aromatic carbocycles. The molecule has 3 heteroatoms. The highest BCUT2D eigenvalue weighted by molar-refractivity contribution is 5.28. The highest BCUT2D eigenvalue weighted by Crippen LogP contribution is 2.29. The minimum atomic E-state index is 0.845. The Kier molecular flexibility index (Phi) is 2.17. The van der Waals surface area contributed by atoms with Crippen LogP contribution >= 0.6 is 0 Å². The third kappa shape index (κ3) is 2.17. The van der Waals surface area contributed by atoms with Crippen molar-refractivity contribution in [2.24, 2.45) is 5.92 Å². The van der Waals surface area contributed by atoms with Crippen molar-refractivity contribution in [2.75, 3.05) is 18.5 Å². The fourth-order valence-corrected chi connectivity index (χ4v) is 1.35. The first kappa shape index (κ1) is 8.48. The van der Waals surface area contributed by atoms with E-state index >= 15 is 0 Å². The van der Waals surface area contributed by atoms with Gasteiger partial charge in [0.2, 0.25) is 5.95 Å². The second kappa shape index (κ2) is 3.32. The average Bonchev–Trinajstić information content (AvgIpc) is 2.89. The summed E-state index contributed by atoms with van der Waals surface area (Å²) >= 11 is 0. The highest BCUT2D eigenvalue weighted by Gasteiger charge is 2.23. The van der Waals surface area contributed by atoms with Crippen molar-refractivity contribution in [1.82, 2.24) is 9.97 Å². The van der Waals surface area contributed by atoms with Crippen LogP contribution in [0.5, 0.6) is 0 Å². The molecule has 1 aliphatic carbocycles. The summed E-state index contributed by atoms with van der Waals surface area (Å²) in [6.45, 7) is 3.10. The van der Waals surface area contributed by atoms with E-state index < -0.39 is 0 Å². The van der Waals surface area contributed by atoms with Gasteiger partial charge < -0.3 is 4.90 Å². The first-order valence-corrected chi connectivity index (χ1v) is 4.75. The summed E-state index contributed by atoms with van der Waals surface area (Å²) in [4.78, 5) is 10.7. The molecular weight excluding hydrogens is 162 g/mol.